The van der Waals surface area contributed by atoms with Gasteiger partial charge in [0.1, 0.15) is 30.0 Å². The van der Waals surface area contributed by atoms with Crippen LogP contribution in [0.15, 0.2) is 18.5 Å². The number of nitrogens with zero attached hydrogens (tertiary/aromatic N) is 8. The van der Waals surface area contributed by atoms with Gasteiger partial charge in [0.15, 0.2) is 5.82 Å². The molecule has 1 aliphatic rings. The van der Waals surface area contributed by atoms with Crippen LogP contribution in [0, 0.1) is 17.8 Å². The minimum Gasteiger partial charge on any atom is -0.394 e. The quantitative estimate of drug-likeness (QED) is 0.257. The molecule has 2 amide bonds. The fourth-order valence-electron chi connectivity index (χ4n) is 5.21. The van der Waals surface area contributed by atoms with Crippen LogP contribution in [0.25, 0.3) is 0 Å². The van der Waals surface area contributed by atoms with E-state index in [1.165, 1.54) is 16.9 Å². The van der Waals surface area contributed by atoms with Gasteiger partial charge in [-0.3, -0.25) is 19.0 Å². The van der Waals surface area contributed by atoms with Crippen LogP contribution in [-0.4, -0.2) is 81.9 Å². The molecular formula is C25H32F6N10O3. The molecule has 1 aliphatic carbocycles. The number of rotatable bonds is 12. The third-order valence-electron chi connectivity index (χ3n) is 7.54. The summed E-state index contributed by atoms with van der Waals surface area (Å²) >= 11 is 0. The maximum atomic E-state index is 15.0. The third kappa shape index (κ3) is 7.92. The Labute approximate surface area is 247 Å². The van der Waals surface area contributed by atoms with Crippen LogP contribution in [0.2, 0.25) is 0 Å². The molecule has 3 aromatic rings. The van der Waals surface area contributed by atoms with Gasteiger partial charge in [-0.15, -0.1) is 10.2 Å². The number of carbonyl (C=O) groups is 2. The molecule has 1 unspecified atom stereocenters. The summed E-state index contributed by atoms with van der Waals surface area (Å²) in [6, 6.07) is -1.98. The Bertz CT molecular complexity index is 1420. The fraction of sp³-hybridized carbons (Fsp3) is 0.640. The van der Waals surface area contributed by atoms with E-state index in [2.05, 4.69) is 43.3 Å². The Kier molecular flexibility index (Phi) is 10.3. The van der Waals surface area contributed by atoms with Gasteiger partial charge in [0.05, 0.1) is 18.8 Å². The molecule has 242 valence electrons. The number of anilines is 1. The highest BCUT2D eigenvalue weighted by Crippen LogP contribution is 2.32. The zero-order chi connectivity index (χ0) is 32.2. The van der Waals surface area contributed by atoms with E-state index in [-0.39, 0.29) is 22.9 Å². The molecule has 0 aromatic carbocycles. The van der Waals surface area contributed by atoms with E-state index in [1.54, 1.807) is 6.92 Å². The van der Waals surface area contributed by atoms with Gasteiger partial charge in [0.25, 0.3) is 11.9 Å². The van der Waals surface area contributed by atoms with Crippen molar-refractivity contribution < 1.29 is 41.0 Å². The zero-order valence-corrected chi connectivity index (χ0v) is 23.8. The summed E-state index contributed by atoms with van der Waals surface area (Å²) in [5.41, 5.74) is -0.467. The molecule has 0 saturated heterocycles. The summed E-state index contributed by atoms with van der Waals surface area (Å²) in [6.07, 6.45) is -4.02. The average molecular weight is 635 g/mol. The largest absolute Gasteiger partial charge is 0.408 e. The van der Waals surface area contributed by atoms with Gasteiger partial charge in [-0.1, -0.05) is 19.8 Å². The minimum atomic E-state index is -4.78. The molecule has 3 aromatic heterocycles. The number of alkyl halides is 5. The number of aromatic nitrogens is 8. The summed E-state index contributed by atoms with van der Waals surface area (Å²) in [5.74, 6) is -3.36. The van der Waals surface area contributed by atoms with Gasteiger partial charge < -0.3 is 15.7 Å². The van der Waals surface area contributed by atoms with Crippen LogP contribution in [0.1, 0.15) is 74.3 Å². The number of aliphatic hydroxyl groups is 1. The molecular weight excluding hydrogens is 602 g/mol. The molecule has 3 heterocycles. The number of hydrogen-bond acceptors (Lipinski definition) is 8. The molecule has 13 nitrogen and oxygen atoms in total. The fourth-order valence-corrected chi connectivity index (χ4v) is 5.21. The van der Waals surface area contributed by atoms with Crippen LogP contribution in [0.5, 0.6) is 0 Å². The molecule has 0 spiro atoms. The SMILES string of the molecule is C[C@@H](CO)n1nccc1C(=O)N[C@H](C(=O)Nc1cn(C(CC(F)F)c2nnnn2CC(F)(F)F)nc1F)[C@H]1CC[C@H](C)CC1. The molecule has 0 aliphatic heterocycles. The number of aliphatic hydroxyl groups excluding tert-OH is 1. The molecule has 3 atom stereocenters. The second-order valence-corrected chi connectivity index (χ2v) is 10.9. The minimum absolute atomic E-state index is 0.0824. The van der Waals surface area contributed by atoms with E-state index in [1.807, 2.05) is 0 Å². The topological polar surface area (TPSA) is 158 Å². The summed E-state index contributed by atoms with van der Waals surface area (Å²) < 4.78 is 83.2. The van der Waals surface area contributed by atoms with Crippen molar-refractivity contribution in [3.8, 4) is 0 Å². The Hall–Kier alpha value is -4.03. The zero-order valence-electron chi connectivity index (χ0n) is 23.8. The molecule has 1 saturated carbocycles. The monoisotopic (exact) mass is 634 g/mol. The van der Waals surface area contributed by atoms with Gasteiger partial charge in [0.2, 0.25) is 12.3 Å². The van der Waals surface area contributed by atoms with Crippen molar-refractivity contribution >= 4 is 17.5 Å². The maximum Gasteiger partial charge on any atom is 0.408 e. The maximum absolute atomic E-state index is 15.0. The van der Waals surface area contributed by atoms with Crippen molar-refractivity contribution in [2.45, 2.75) is 83.2 Å². The van der Waals surface area contributed by atoms with Gasteiger partial charge in [-0.05, 0) is 48.1 Å². The Morgan fingerprint density at radius 1 is 1.18 bits per heavy atom. The highest BCUT2D eigenvalue weighted by molar-refractivity contribution is 6.00. The molecule has 4 rings (SSSR count). The van der Waals surface area contributed by atoms with Crippen molar-refractivity contribution in [2.24, 2.45) is 11.8 Å². The molecule has 0 radical (unpaired) electrons. The molecule has 0 bridgehead atoms. The summed E-state index contributed by atoms with van der Waals surface area (Å²) in [5, 5.41) is 31.9. The summed E-state index contributed by atoms with van der Waals surface area (Å²) in [7, 11) is 0. The van der Waals surface area contributed by atoms with Crippen LogP contribution in [0.4, 0.5) is 32.0 Å². The number of halogens is 6. The molecule has 1 fully saturated rings. The summed E-state index contributed by atoms with van der Waals surface area (Å²) in [6.45, 7) is 1.72. The summed E-state index contributed by atoms with van der Waals surface area (Å²) in [4.78, 5) is 26.8. The lowest BCUT2D eigenvalue weighted by Gasteiger charge is -2.32. The van der Waals surface area contributed by atoms with Crippen molar-refractivity contribution in [1.29, 1.82) is 0 Å². The smallest absolute Gasteiger partial charge is 0.394 e. The number of tetrazole rings is 1. The lowest BCUT2D eigenvalue weighted by Crippen LogP contribution is -2.49. The first-order valence-electron chi connectivity index (χ1n) is 13.9. The average Bonchev–Trinajstić information content (AvgIpc) is 3.70. The Balaban J connectivity index is 1.60. The van der Waals surface area contributed by atoms with E-state index in [9.17, 15) is 36.6 Å². The van der Waals surface area contributed by atoms with E-state index in [4.69, 9.17) is 0 Å². The van der Waals surface area contributed by atoms with Crippen molar-refractivity contribution in [3.63, 3.8) is 0 Å². The van der Waals surface area contributed by atoms with E-state index < -0.39 is 73.0 Å². The lowest BCUT2D eigenvalue weighted by atomic mass is 9.79. The lowest BCUT2D eigenvalue weighted by molar-refractivity contribution is -0.143. The second-order valence-electron chi connectivity index (χ2n) is 10.9. The van der Waals surface area contributed by atoms with Gasteiger partial charge in [-0.25, -0.2) is 13.5 Å². The van der Waals surface area contributed by atoms with E-state index in [0.29, 0.717) is 23.4 Å². The normalized spacial score (nSPS) is 19.5. The first-order valence-corrected chi connectivity index (χ1v) is 13.9. The van der Waals surface area contributed by atoms with Crippen LogP contribution >= 0.6 is 0 Å². The predicted molar refractivity (Wildman–Crippen MR) is 140 cm³/mol. The van der Waals surface area contributed by atoms with Crippen molar-refractivity contribution in [2.75, 3.05) is 11.9 Å². The van der Waals surface area contributed by atoms with E-state index in [0.717, 1.165) is 19.0 Å². The van der Waals surface area contributed by atoms with Gasteiger partial charge in [-0.2, -0.15) is 22.7 Å². The predicted octanol–water partition coefficient (Wildman–Crippen LogP) is 3.13. The number of nitrogens with one attached hydrogen (secondary N) is 2. The number of carbonyl (C=O) groups excluding carboxylic acids is 2. The standard InChI is InChI=1S/C25H32F6N10O3/c1-13-3-5-15(6-4-13)20(34-23(43)17-7-8-32-41(17)14(2)11-42)24(44)33-16-10-39(36-21(16)28)18(9-19(26)27)22-35-37-38-40(22)12-25(29,30)31/h7-8,10,13-15,18-20,42H,3-6,9,11-12H2,1-2H3,(H,33,44)(H,34,43)/t13-,14-,15-,18?,20-/m0/s1. The number of amides is 2. The highest BCUT2D eigenvalue weighted by atomic mass is 19.4. The third-order valence-corrected chi connectivity index (χ3v) is 7.54. The van der Waals surface area contributed by atoms with Crippen LogP contribution in [-0.2, 0) is 11.3 Å². The second kappa shape index (κ2) is 13.7. The Morgan fingerprint density at radius 3 is 2.52 bits per heavy atom. The van der Waals surface area contributed by atoms with Crippen LogP contribution in [0.3, 0.4) is 0 Å². The first-order chi connectivity index (χ1) is 20.8. The van der Waals surface area contributed by atoms with Gasteiger partial charge >= 0.3 is 6.18 Å². The van der Waals surface area contributed by atoms with Crippen molar-refractivity contribution in [3.05, 3.63) is 35.9 Å². The van der Waals surface area contributed by atoms with Crippen LogP contribution < -0.4 is 10.6 Å². The van der Waals surface area contributed by atoms with E-state index >= 15 is 4.39 Å². The number of hydrogen-bond donors (Lipinski definition) is 3. The molecule has 44 heavy (non-hydrogen) atoms. The molecule has 3 N–H and O–H groups in total. The van der Waals surface area contributed by atoms with Crippen molar-refractivity contribution in [1.82, 2.24) is 45.1 Å². The highest BCUT2D eigenvalue weighted by Gasteiger charge is 2.36. The first kappa shape index (κ1) is 32.9. The van der Waals surface area contributed by atoms with Gasteiger partial charge in [0, 0.05) is 12.6 Å². The Morgan fingerprint density at radius 2 is 1.89 bits per heavy atom. The molecule has 19 heteroatoms.